The number of hydrogen-bond donors (Lipinski definition) is 10. The van der Waals surface area contributed by atoms with Gasteiger partial charge in [-0.25, -0.2) is 4.79 Å². The Bertz CT molecular complexity index is 1090. The minimum Gasteiger partial charge on any atom is -0.481 e. The van der Waals surface area contributed by atoms with E-state index in [9.17, 15) is 54.0 Å². The zero-order valence-electron chi connectivity index (χ0n) is 26.4. The van der Waals surface area contributed by atoms with Crippen molar-refractivity contribution in [3.8, 4) is 0 Å². The lowest BCUT2D eigenvalue weighted by molar-refractivity contribution is -0.143. The van der Waals surface area contributed by atoms with Crippen LogP contribution in [0.2, 0.25) is 0 Å². The summed E-state index contributed by atoms with van der Waals surface area (Å²) in [6, 6.07) is -7.94. The Morgan fingerprint density at radius 2 is 1.43 bits per heavy atom. The quantitative estimate of drug-likeness (QED) is 0.0565. The molecule has 46 heavy (non-hydrogen) atoms. The Labute approximate surface area is 267 Å². The first kappa shape index (κ1) is 40.2. The summed E-state index contributed by atoms with van der Waals surface area (Å²) < 4.78 is 0. The van der Waals surface area contributed by atoms with Crippen molar-refractivity contribution in [2.24, 2.45) is 17.4 Å². The van der Waals surface area contributed by atoms with E-state index in [0.29, 0.717) is 25.8 Å². The molecule has 0 aromatic heterocycles. The van der Waals surface area contributed by atoms with Gasteiger partial charge in [0.05, 0.1) is 12.7 Å². The zero-order chi connectivity index (χ0) is 35.1. The molecule has 0 saturated carbocycles. The summed E-state index contributed by atoms with van der Waals surface area (Å²) in [5.41, 5.74) is 11.2. The molecule has 1 fully saturated rings. The van der Waals surface area contributed by atoms with Crippen LogP contribution in [0.15, 0.2) is 0 Å². The number of amides is 5. The third kappa shape index (κ3) is 12.5. The molecule has 0 spiro atoms. The van der Waals surface area contributed by atoms with E-state index in [1.807, 2.05) is 0 Å². The minimum absolute atomic E-state index is 0.0457. The maximum absolute atomic E-state index is 13.4. The summed E-state index contributed by atoms with van der Waals surface area (Å²) in [7, 11) is 0. The molecule has 7 atom stereocenters. The maximum atomic E-state index is 13.4. The van der Waals surface area contributed by atoms with Crippen molar-refractivity contribution in [3.05, 3.63) is 0 Å². The van der Waals surface area contributed by atoms with E-state index in [-0.39, 0.29) is 19.4 Å². The lowest BCUT2D eigenvalue weighted by atomic mass is 10.0. The number of rotatable bonds is 20. The summed E-state index contributed by atoms with van der Waals surface area (Å²) in [5, 5.41) is 47.5. The fourth-order valence-electron chi connectivity index (χ4n) is 4.77. The fraction of sp³-hybridized carbons (Fsp3) is 0.750. The number of carboxylic acid groups (broad SMARTS) is 2. The minimum atomic E-state index is -1.63. The van der Waals surface area contributed by atoms with Crippen molar-refractivity contribution in [2.75, 3.05) is 19.7 Å². The number of carbonyl (C=O) groups is 7. The third-order valence-corrected chi connectivity index (χ3v) is 7.55. The SMILES string of the molecule is CC(C)[C@H](NC(=O)[C@@H]1CCCN1C(=O)[C@@H](N)[C@@H](C)O)C(=O)N[C@@H](CCC(=O)O)C(=O)N[C@@H](CO)C(=O)N[C@@H](CCCCN)C(=O)O. The molecule has 1 aliphatic heterocycles. The number of aliphatic hydroxyl groups excluding tert-OH is 2. The first-order chi connectivity index (χ1) is 21.5. The second kappa shape index (κ2) is 19.6. The van der Waals surface area contributed by atoms with E-state index in [0.717, 1.165) is 0 Å². The summed E-state index contributed by atoms with van der Waals surface area (Å²) in [6.07, 6.45) is -0.446. The lowest BCUT2D eigenvalue weighted by Crippen LogP contribution is -2.60. The predicted molar refractivity (Wildman–Crippen MR) is 161 cm³/mol. The molecule has 12 N–H and O–H groups in total. The number of nitrogens with zero attached hydrogens (tertiary/aromatic N) is 1. The van der Waals surface area contributed by atoms with Crippen LogP contribution in [0.1, 0.15) is 65.7 Å². The number of unbranched alkanes of at least 4 members (excludes halogenated alkanes) is 1. The molecule has 18 heteroatoms. The highest BCUT2D eigenvalue weighted by molar-refractivity contribution is 5.96. The number of hydrogen-bond acceptors (Lipinski definition) is 11. The zero-order valence-corrected chi connectivity index (χ0v) is 26.4. The fourth-order valence-corrected chi connectivity index (χ4v) is 4.77. The summed E-state index contributed by atoms with van der Waals surface area (Å²) in [4.78, 5) is 89.2. The van der Waals surface area contributed by atoms with Crippen molar-refractivity contribution in [1.29, 1.82) is 0 Å². The van der Waals surface area contributed by atoms with Gasteiger partial charge in [-0.15, -0.1) is 0 Å². The van der Waals surface area contributed by atoms with Gasteiger partial charge in [-0.05, 0) is 57.9 Å². The van der Waals surface area contributed by atoms with Gasteiger partial charge in [0.15, 0.2) is 0 Å². The van der Waals surface area contributed by atoms with Crippen molar-refractivity contribution in [3.63, 3.8) is 0 Å². The molecule has 0 aliphatic carbocycles. The van der Waals surface area contributed by atoms with Gasteiger partial charge in [0, 0.05) is 13.0 Å². The van der Waals surface area contributed by atoms with Gasteiger partial charge in [0.25, 0.3) is 0 Å². The standard InChI is InChI=1S/C28H49N7O11/c1-14(2)22(34-25(42)19-8-6-12-35(19)27(44)21(30)15(3)37)26(43)31-16(9-10-20(38)39)23(40)33-18(13-36)24(41)32-17(28(45)46)7-4-5-11-29/h14-19,21-22,36-37H,4-13,29-30H2,1-3H3,(H,31,43)(H,32,41)(H,33,40)(H,34,42)(H,38,39)(H,45,46)/t15-,16+,17+,18+,19+,21+,22+/m1/s1. The van der Waals surface area contributed by atoms with Crippen molar-refractivity contribution >= 4 is 41.5 Å². The van der Waals surface area contributed by atoms with E-state index in [2.05, 4.69) is 21.3 Å². The largest absolute Gasteiger partial charge is 0.481 e. The molecule has 0 bridgehead atoms. The van der Waals surface area contributed by atoms with Gasteiger partial charge < -0.3 is 58.1 Å². The van der Waals surface area contributed by atoms with Gasteiger partial charge in [0.1, 0.15) is 36.3 Å². The van der Waals surface area contributed by atoms with E-state index in [4.69, 9.17) is 11.5 Å². The average molecular weight is 660 g/mol. The molecule has 0 aromatic rings. The van der Waals surface area contributed by atoms with Crippen molar-refractivity contribution in [2.45, 2.75) is 108 Å². The van der Waals surface area contributed by atoms with Crippen molar-refractivity contribution < 1.29 is 54.0 Å². The number of carbonyl (C=O) groups excluding carboxylic acids is 5. The van der Waals surface area contributed by atoms with Gasteiger partial charge in [0.2, 0.25) is 29.5 Å². The lowest BCUT2D eigenvalue weighted by Gasteiger charge is -2.30. The molecule has 1 saturated heterocycles. The van der Waals surface area contributed by atoms with Gasteiger partial charge in [-0.3, -0.25) is 28.8 Å². The molecule has 0 radical (unpaired) electrons. The Morgan fingerprint density at radius 3 is 1.96 bits per heavy atom. The van der Waals surface area contributed by atoms with Gasteiger partial charge in [-0.1, -0.05) is 13.8 Å². The van der Waals surface area contributed by atoms with Gasteiger partial charge >= 0.3 is 11.9 Å². The van der Waals surface area contributed by atoms with Crippen molar-refractivity contribution in [1.82, 2.24) is 26.2 Å². The highest BCUT2D eigenvalue weighted by Crippen LogP contribution is 2.20. The van der Waals surface area contributed by atoms with Crippen LogP contribution in [-0.4, -0.2) is 129 Å². The Morgan fingerprint density at radius 1 is 0.848 bits per heavy atom. The molecule has 1 rings (SSSR count). The highest BCUT2D eigenvalue weighted by Gasteiger charge is 2.39. The van der Waals surface area contributed by atoms with E-state index < -0.39 is 109 Å². The smallest absolute Gasteiger partial charge is 0.326 e. The van der Waals surface area contributed by atoms with Crippen LogP contribution >= 0.6 is 0 Å². The predicted octanol–water partition coefficient (Wildman–Crippen LogP) is -3.65. The van der Waals surface area contributed by atoms with E-state index >= 15 is 0 Å². The van der Waals surface area contributed by atoms with E-state index in [1.54, 1.807) is 13.8 Å². The van der Waals surface area contributed by atoms with Crippen LogP contribution in [0, 0.1) is 5.92 Å². The molecule has 0 aromatic carbocycles. The Balaban J connectivity index is 3.06. The summed E-state index contributed by atoms with van der Waals surface area (Å²) in [5.74, 6) is -7.37. The molecule has 1 aliphatic rings. The number of aliphatic hydroxyl groups is 2. The normalized spacial score (nSPS) is 18.4. The van der Waals surface area contributed by atoms with Crippen LogP contribution in [0.25, 0.3) is 0 Å². The first-order valence-electron chi connectivity index (χ1n) is 15.3. The average Bonchev–Trinajstić information content (AvgIpc) is 3.48. The molecule has 1 heterocycles. The van der Waals surface area contributed by atoms with E-state index in [1.165, 1.54) is 11.8 Å². The second-order valence-electron chi connectivity index (χ2n) is 11.6. The molecule has 262 valence electrons. The number of aliphatic carboxylic acids is 2. The second-order valence-corrected chi connectivity index (χ2v) is 11.6. The highest BCUT2D eigenvalue weighted by atomic mass is 16.4. The van der Waals surface area contributed by atoms with Crippen LogP contribution in [0.4, 0.5) is 0 Å². The Kier molecular flexibility index (Phi) is 17.1. The number of likely N-dealkylation sites (tertiary alicyclic amines) is 1. The number of nitrogens with one attached hydrogen (secondary N) is 4. The summed E-state index contributed by atoms with van der Waals surface area (Å²) >= 11 is 0. The van der Waals surface area contributed by atoms with Crippen LogP contribution < -0.4 is 32.7 Å². The molecular weight excluding hydrogens is 610 g/mol. The number of nitrogens with two attached hydrogens (primary N) is 2. The van der Waals surface area contributed by atoms with Crippen LogP contribution in [-0.2, 0) is 33.6 Å². The third-order valence-electron chi connectivity index (χ3n) is 7.55. The number of carboxylic acids is 2. The monoisotopic (exact) mass is 659 g/mol. The van der Waals surface area contributed by atoms with Crippen LogP contribution in [0.5, 0.6) is 0 Å². The molecule has 18 nitrogen and oxygen atoms in total. The first-order valence-corrected chi connectivity index (χ1v) is 15.3. The van der Waals surface area contributed by atoms with Gasteiger partial charge in [-0.2, -0.15) is 0 Å². The molecule has 0 unspecified atom stereocenters. The summed E-state index contributed by atoms with van der Waals surface area (Å²) in [6.45, 7) is 4.15. The van der Waals surface area contributed by atoms with Crippen LogP contribution in [0.3, 0.4) is 0 Å². The topological polar surface area (TPSA) is 304 Å². The molecule has 5 amide bonds. The maximum Gasteiger partial charge on any atom is 0.326 e. The molecular formula is C28H49N7O11. The Hall–Kier alpha value is -3.87.